The maximum atomic E-state index is 11.1. The summed E-state index contributed by atoms with van der Waals surface area (Å²) in [6.45, 7) is 3.62. The molecule has 1 aromatic heterocycles. The van der Waals surface area contributed by atoms with Crippen LogP contribution in [0.5, 0.6) is 5.75 Å². The number of hydrogen-bond acceptors (Lipinski definition) is 3. The molecular formula is C11H10O3. The molecule has 14 heavy (non-hydrogen) atoms. The summed E-state index contributed by atoms with van der Waals surface area (Å²) in [6.07, 6.45) is 0. The Hall–Kier alpha value is -1.77. The SMILES string of the molecule is Cc1ccc2c(C)c(O)c(=O)oc2c1. The fourth-order valence-corrected chi connectivity index (χ4v) is 1.45. The summed E-state index contributed by atoms with van der Waals surface area (Å²) in [4.78, 5) is 11.1. The van der Waals surface area contributed by atoms with Crippen molar-refractivity contribution in [3.63, 3.8) is 0 Å². The predicted molar refractivity (Wildman–Crippen MR) is 53.6 cm³/mol. The molecule has 0 fully saturated rings. The average molecular weight is 190 g/mol. The van der Waals surface area contributed by atoms with E-state index in [0.29, 0.717) is 11.1 Å². The van der Waals surface area contributed by atoms with Gasteiger partial charge in [-0.1, -0.05) is 12.1 Å². The van der Waals surface area contributed by atoms with Crippen LogP contribution in [0, 0.1) is 13.8 Å². The molecule has 0 unspecified atom stereocenters. The molecule has 3 heteroatoms. The second-order valence-electron chi connectivity index (χ2n) is 3.36. The van der Waals surface area contributed by atoms with E-state index in [1.165, 1.54) is 0 Å². The molecule has 0 saturated carbocycles. The van der Waals surface area contributed by atoms with Crippen LogP contribution in [0.4, 0.5) is 0 Å². The molecule has 0 aliphatic carbocycles. The van der Waals surface area contributed by atoms with Crippen LogP contribution in [0.3, 0.4) is 0 Å². The van der Waals surface area contributed by atoms with Crippen LogP contribution in [0.2, 0.25) is 0 Å². The molecule has 1 heterocycles. The van der Waals surface area contributed by atoms with Crippen LogP contribution >= 0.6 is 0 Å². The molecule has 0 spiro atoms. The second kappa shape index (κ2) is 2.87. The molecule has 0 amide bonds. The van der Waals surface area contributed by atoms with E-state index in [2.05, 4.69) is 0 Å². The van der Waals surface area contributed by atoms with Crippen molar-refractivity contribution in [2.45, 2.75) is 13.8 Å². The third-order valence-corrected chi connectivity index (χ3v) is 2.29. The first kappa shape index (κ1) is 8.81. The van der Waals surface area contributed by atoms with Gasteiger partial charge >= 0.3 is 5.63 Å². The van der Waals surface area contributed by atoms with E-state index >= 15 is 0 Å². The Bertz CT molecular complexity index is 552. The lowest BCUT2D eigenvalue weighted by molar-refractivity contribution is 0.424. The van der Waals surface area contributed by atoms with Crippen molar-refractivity contribution in [3.8, 4) is 5.75 Å². The van der Waals surface area contributed by atoms with E-state index in [4.69, 9.17) is 4.42 Å². The highest BCUT2D eigenvalue weighted by Crippen LogP contribution is 2.23. The fourth-order valence-electron chi connectivity index (χ4n) is 1.45. The van der Waals surface area contributed by atoms with Crippen LogP contribution in [-0.4, -0.2) is 5.11 Å². The molecular weight excluding hydrogens is 180 g/mol. The largest absolute Gasteiger partial charge is 0.502 e. The maximum absolute atomic E-state index is 11.1. The first-order valence-corrected chi connectivity index (χ1v) is 4.32. The minimum Gasteiger partial charge on any atom is -0.502 e. The van der Waals surface area contributed by atoms with Crippen molar-refractivity contribution in [2.75, 3.05) is 0 Å². The van der Waals surface area contributed by atoms with E-state index in [0.717, 1.165) is 10.9 Å². The Morgan fingerprint density at radius 2 is 2.00 bits per heavy atom. The van der Waals surface area contributed by atoms with Gasteiger partial charge in [0.15, 0.2) is 0 Å². The van der Waals surface area contributed by atoms with Gasteiger partial charge in [0.2, 0.25) is 5.75 Å². The molecule has 0 aliphatic rings. The molecule has 0 aliphatic heterocycles. The van der Waals surface area contributed by atoms with E-state index in [9.17, 15) is 9.90 Å². The first-order chi connectivity index (χ1) is 6.59. The summed E-state index contributed by atoms with van der Waals surface area (Å²) >= 11 is 0. The van der Waals surface area contributed by atoms with Gasteiger partial charge in [-0.3, -0.25) is 0 Å². The van der Waals surface area contributed by atoms with Gasteiger partial charge < -0.3 is 9.52 Å². The fraction of sp³-hybridized carbons (Fsp3) is 0.182. The van der Waals surface area contributed by atoms with Gasteiger partial charge in [0.1, 0.15) is 5.58 Å². The Balaban J connectivity index is 2.98. The van der Waals surface area contributed by atoms with Gasteiger partial charge in [-0.15, -0.1) is 0 Å². The normalized spacial score (nSPS) is 10.7. The molecule has 72 valence electrons. The highest BCUT2D eigenvalue weighted by Gasteiger charge is 2.08. The molecule has 2 aromatic rings. The van der Waals surface area contributed by atoms with Crippen LogP contribution in [0.1, 0.15) is 11.1 Å². The molecule has 0 bridgehead atoms. The van der Waals surface area contributed by atoms with Crippen LogP contribution in [0.25, 0.3) is 11.0 Å². The Morgan fingerprint density at radius 1 is 1.29 bits per heavy atom. The van der Waals surface area contributed by atoms with Gasteiger partial charge in [-0.2, -0.15) is 0 Å². The molecule has 1 aromatic carbocycles. The van der Waals surface area contributed by atoms with Crippen LogP contribution < -0.4 is 5.63 Å². The van der Waals surface area contributed by atoms with Crippen molar-refractivity contribution in [3.05, 3.63) is 39.7 Å². The van der Waals surface area contributed by atoms with Gasteiger partial charge in [-0.25, -0.2) is 4.79 Å². The Kier molecular flexibility index (Phi) is 1.81. The van der Waals surface area contributed by atoms with Crippen molar-refractivity contribution in [1.29, 1.82) is 0 Å². The van der Waals surface area contributed by atoms with Gasteiger partial charge in [0.25, 0.3) is 0 Å². The van der Waals surface area contributed by atoms with Gasteiger partial charge in [-0.05, 0) is 25.5 Å². The lowest BCUT2D eigenvalue weighted by Gasteiger charge is -2.02. The predicted octanol–water partition coefficient (Wildman–Crippen LogP) is 2.12. The first-order valence-electron chi connectivity index (χ1n) is 4.32. The standard InChI is InChI=1S/C11H10O3/c1-6-3-4-8-7(2)10(12)11(13)14-9(8)5-6/h3-5,12H,1-2H3. The highest BCUT2D eigenvalue weighted by atomic mass is 16.4. The number of aryl methyl sites for hydroxylation is 2. The molecule has 0 radical (unpaired) electrons. The maximum Gasteiger partial charge on any atom is 0.379 e. The van der Waals surface area contributed by atoms with Crippen molar-refractivity contribution < 1.29 is 9.52 Å². The van der Waals surface area contributed by atoms with Crippen molar-refractivity contribution >= 4 is 11.0 Å². The third kappa shape index (κ3) is 1.18. The zero-order valence-corrected chi connectivity index (χ0v) is 8.00. The lowest BCUT2D eigenvalue weighted by atomic mass is 10.1. The van der Waals surface area contributed by atoms with E-state index in [1.807, 2.05) is 19.1 Å². The quantitative estimate of drug-likeness (QED) is 0.647. The summed E-state index contributed by atoms with van der Waals surface area (Å²) in [5.74, 6) is -0.304. The molecule has 0 atom stereocenters. The molecule has 1 N–H and O–H groups in total. The minimum absolute atomic E-state index is 0.304. The van der Waals surface area contributed by atoms with E-state index in [1.54, 1.807) is 13.0 Å². The van der Waals surface area contributed by atoms with Gasteiger partial charge in [0.05, 0.1) is 0 Å². The van der Waals surface area contributed by atoms with Crippen molar-refractivity contribution in [1.82, 2.24) is 0 Å². The number of fused-ring (bicyclic) bond motifs is 1. The summed E-state index contributed by atoms with van der Waals surface area (Å²) < 4.78 is 4.95. The van der Waals surface area contributed by atoms with Gasteiger partial charge in [0, 0.05) is 10.9 Å². The summed E-state index contributed by atoms with van der Waals surface area (Å²) in [5.41, 5.74) is 1.42. The smallest absolute Gasteiger partial charge is 0.379 e. The Labute approximate surface area is 80.6 Å². The van der Waals surface area contributed by atoms with E-state index in [-0.39, 0.29) is 5.75 Å². The topological polar surface area (TPSA) is 50.4 Å². The van der Waals surface area contributed by atoms with E-state index < -0.39 is 5.63 Å². The average Bonchev–Trinajstić information content (AvgIpc) is 2.14. The highest BCUT2D eigenvalue weighted by molar-refractivity contribution is 5.82. The number of benzene rings is 1. The second-order valence-corrected chi connectivity index (χ2v) is 3.36. The van der Waals surface area contributed by atoms with Crippen molar-refractivity contribution in [2.24, 2.45) is 0 Å². The van der Waals surface area contributed by atoms with Crippen LogP contribution in [-0.2, 0) is 0 Å². The van der Waals surface area contributed by atoms with Crippen LogP contribution in [0.15, 0.2) is 27.4 Å². The number of rotatable bonds is 0. The Morgan fingerprint density at radius 3 is 2.71 bits per heavy atom. The summed E-state index contributed by atoms with van der Waals surface area (Å²) in [7, 11) is 0. The summed E-state index contributed by atoms with van der Waals surface area (Å²) in [6, 6.07) is 5.53. The molecule has 2 rings (SSSR count). The number of aromatic hydroxyl groups is 1. The monoisotopic (exact) mass is 190 g/mol. The molecule has 3 nitrogen and oxygen atoms in total. The third-order valence-electron chi connectivity index (χ3n) is 2.29. The molecule has 0 saturated heterocycles. The zero-order valence-electron chi connectivity index (χ0n) is 8.00. The zero-order chi connectivity index (χ0) is 10.3. The summed E-state index contributed by atoms with van der Waals surface area (Å²) in [5, 5.41) is 10.1. The lowest BCUT2D eigenvalue weighted by Crippen LogP contribution is -2.00. The minimum atomic E-state index is -0.680. The number of hydrogen-bond donors (Lipinski definition) is 1.